The fraction of sp³-hybridized carbons (Fsp3) is 0.360. The Balaban J connectivity index is 1.31. The van der Waals surface area contributed by atoms with Gasteiger partial charge < -0.3 is 20.0 Å². The van der Waals surface area contributed by atoms with E-state index in [9.17, 15) is 23.6 Å². The lowest BCUT2D eigenvalue weighted by molar-refractivity contribution is -0.158. The summed E-state index contributed by atoms with van der Waals surface area (Å²) in [7, 11) is 0. The van der Waals surface area contributed by atoms with Gasteiger partial charge in [-0.15, -0.1) is 0 Å². The van der Waals surface area contributed by atoms with Gasteiger partial charge in [0.2, 0.25) is 5.91 Å². The molecule has 0 aliphatic carbocycles. The van der Waals surface area contributed by atoms with Gasteiger partial charge in [-0.25, -0.2) is 4.39 Å². The Kier molecular flexibility index (Phi) is 6.90. The maximum Gasteiger partial charge on any atom is 0.312 e. The van der Waals surface area contributed by atoms with Crippen LogP contribution in [-0.4, -0.2) is 70.5 Å². The number of rotatable bonds is 5. The van der Waals surface area contributed by atoms with Gasteiger partial charge in [0.15, 0.2) is 0 Å². The first-order valence-corrected chi connectivity index (χ1v) is 11.3. The predicted molar refractivity (Wildman–Crippen MR) is 123 cm³/mol. The Morgan fingerprint density at radius 1 is 0.971 bits per heavy atom. The van der Waals surface area contributed by atoms with E-state index in [1.807, 2.05) is 0 Å². The normalized spacial score (nSPS) is 17.2. The summed E-state index contributed by atoms with van der Waals surface area (Å²) in [5.74, 6) is -1.77. The van der Waals surface area contributed by atoms with Crippen LogP contribution in [0, 0.1) is 5.82 Å². The average molecular weight is 467 g/mol. The Hall–Kier alpha value is -3.75. The zero-order chi connectivity index (χ0) is 24.2. The van der Waals surface area contributed by atoms with Crippen LogP contribution in [0.15, 0.2) is 48.5 Å². The number of likely N-dealkylation sites (tertiary alicyclic amines) is 1. The number of anilines is 1. The molecule has 0 bridgehead atoms. The molecule has 2 aliphatic heterocycles. The lowest BCUT2D eigenvalue weighted by Gasteiger charge is -2.42. The highest BCUT2D eigenvalue weighted by Crippen LogP contribution is 2.22. The molecule has 4 rings (SSSR count). The standard InChI is InChI=1S/C25H27FN4O4/c1-17(31)27-21-7-5-19(6-8-21)23(32)28-11-9-22(10-12-28)30-14-13-29(24(33)25(30)34)16-18-3-2-4-20(26)15-18/h2-8,15,22H,9-14,16H2,1H3,(H,27,31). The van der Waals surface area contributed by atoms with Crippen molar-refractivity contribution in [1.82, 2.24) is 14.7 Å². The summed E-state index contributed by atoms with van der Waals surface area (Å²) in [6.45, 7) is 3.41. The van der Waals surface area contributed by atoms with Gasteiger partial charge in [-0.05, 0) is 54.8 Å². The third kappa shape index (κ3) is 5.24. The van der Waals surface area contributed by atoms with Gasteiger partial charge in [0.25, 0.3) is 5.91 Å². The summed E-state index contributed by atoms with van der Waals surface area (Å²) in [5, 5.41) is 2.67. The molecule has 2 aromatic carbocycles. The van der Waals surface area contributed by atoms with Crippen LogP contribution in [0.3, 0.4) is 0 Å². The molecule has 0 saturated carbocycles. The maximum absolute atomic E-state index is 13.4. The topological polar surface area (TPSA) is 90.0 Å². The van der Waals surface area contributed by atoms with Gasteiger partial charge in [0.05, 0.1) is 0 Å². The molecule has 1 N–H and O–H groups in total. The fourth-order valence-corrected chi connectivity index (χ4v) is 4.51. The van der Waals surface area contributed by atoms with Crippen molar-refractivity contribution in [2.45, 2.75) is 32.4 Å². The summed E-state index contributed by atoms with van der Waals surface area (Å²) in [6.07, 6.45) is 1.19. The van der Waals surface area contributed by atoms with Crippen LogP contribution < -0.4 is 5.32 Å². The van der Waals surface area contributed by atoms with Crippen molar-refractivity contribution in [3.63, 3.8) is 0 Å². The number of piperazine rings is 1. The Labute approximate surface area is 197 Å². The molecule has 0 atom stereocenters. The lowest BCUT2D eigenvalue weighted by atomic mass is 10.0. The third-order valence-corrected chi connectivity index (χ3v) is 6.25. The quantitative estimate of drug-likeness (QED) is 0.685. The molecule has 2 aromatic rings. The summed E-state index contributed by atoms with van der Waals surface area (Å²) in [6, 6.07) is 12.7. The number of carbonyl (C=O) groups is 4. The van der Waals surface area contributed by atoms with Crippen molar-refractivity contribution in [3.05, 3.63) is 65.5 Å². The second-order valence-electron chi connectivity index (χ2n) is 8.64. The number of hydrogen-bond acceptors (Lipinski definition) is 4. The minimum atomic E-state index is -0.576. The molecule has 4 amide bonds. The Bertz CT molecular complexity index is 1100. The molecular formula is C25H27FN4O4. The number of benzene rings is 2. The molecule has 0 aromatic heterocycles. The lowest BCUT2D eigenvalue weighted by Crippen LogP contribution is -2.59. The van der Waals surface area contributed by atoms with E-state index >= 15 is 0 Å². The summed E-state index contributed by atoms with van der Waals surface area (Å²) >= 11 is 0. The van der Waals surface area contributed by atoms with E-state index in [0.717, 1.165) is 0 Å². The van der Waals surface area contributed by atoms with E-state index in [0.29, 0.717) is 55.8 Å². The predicted octanol–water partition coefficient (Wildman–Crippen LogP) is 2.26. The van der Waals surface area contributed by atoms with Gasteiger partial charge in [0.1, 0.15) is 5.82 Å². The second-order valence-corrected chi connectivity index (χ2v) is 8.64. The highest BCUT2D eigenvalue weighted by atomic mass is 19.1. The maximum atomic E-state index is 13.4. The van der Waals surface area contributed by atoms with Gasteiger partial charge in [-0.2, -0.15) is 0 Å². The van der Waals surface area contributed by atoms with E-state index in [1.165, 1.54) is 24.0 Å². The molecule has 0 unspecified atom stereocenters. The monoisotopic (exact) mass is 466 g/mol. The highest BCUT2D eigenvalue weighted by molar-refractivity contribution is 6.35. The molecule has 9 heteroatoms. The Morgan fingerprint density at radius 3 is 2.32 bits per heavy atom. The first-order chi connectivity index (χ1) is 16.3. The van der Waals surface area contributed by atoms with Gasteiger partial charge in [-0.1, -0.05) is 12.1 Å². The number of halogens is 1. The number of carbonyl (C=O) groups excluding carboxylic acids is 4. The van der Waals surface area contributed by atoms with E-state index in [-0.39, 0.29) is 30.2 Å². The van der Waals surface area contributed by atoms with E-state index in [2.05, 4.69) is 5.32 Å². The first-order valence-electron chi connectivity index (χ1n) is 11.3. The van der Waals surface area contributed by atoms with E-state index < -0.39 is 11.8 Å². The molecule has 0 spiro atoms. The van der Waals surface area contributed by atoms with E-state index in [1.54, 1.807) is 46.2 Å². The largest absolute Gasteiger partial charge is 0.338 e. The van der Waals surface area contributed by atoms with Crippen molar-refractivity contribution in [3.8, 4) is 0 Å². The minimum absolute atomic E-state index is 0.0982. The molecular weight excluding hydrogens is 439 g/mol. The SMILES string of the molecule is CC(=O)Nc1ccc(C(=O)N2CCC(N3CCN(Cc4cccc(F)c4)C(=O)C3=O)CC2)cc1. The van der Waals surface area contributed by atoms with Crippen molar-refractivity contribution in [1.29, 1.82) is 0 Å². The van der Waals surface area contributed by atoms with Crippen molar-refractivity contribution < 1.29 is 23.6 Å². The van der Waals surface area contributed by atoms with Gasteiger partial charge in [-0.3, -0.25) is 19.2 Å². The van der Waals surface area contributed by atoms with Crippen LogP contribution in [0.4, 0.5) is 10.1 Å². The molecule has 0 radical (unpaired) electrons. The highest BCUT2D eigenvalue weighted by Gasteiger charge is 2.38. The molecule has 34 heavy (non-hydrogen) atoms. The number of hydrogen-bond donors (Lipinski definition) is 1. The molecule has 2 fully saturated rings. The smallest absolute Gasteiger partial charge is 0.312 e. The van der Waals surface area contributed by atoms with Crippen LogP contribution >= 0.6 is 0 Å². The van der Waals surface area contributed by atoms with Gasteiger partial charge >= 0.3 is 11.8 Å². The number of piperidine rings is 1. The van der Waals surface area contributed by atoms with Crippen molar-refractivity contribution in [2.75, 3.05) is 31.5 Å². The van der Waals surface area contributed by atoms with Crippen LogP contribution in [0.1, 0.15) is 35.7 Å². The second kappa shape index (κ2) is 10.0. The number of nitrogens with one attached hydrogen (secondary N) is 1. The zero-order valence-electron chi connectivity index (χ0n) is 19.0. The van der Waals surface area contributed by atoms with E-state index in [4.69, 9.17) is 0 Å². The summed E-state index contributed by atoms with van der Waals surface area (Å²) < 4.78 is 13.4. The van der Waals surface area contributed by atoms with Gasteiger partial charge in [0, 0.05) is 56.9 Å². The minimum Gasteiger partial charge on any atom is -0.338 e. The van der Waals surface area contributed by atoms with Crippen molar-refractivity contribution in [2.24, 2.45) is 0 Å². The Morgan fingerprint density at radius 2 is 1.68 bits per heavy atom. The molecule has 8 nitrogen and oxygen atoms in total. The summed E-state index contributed by atoms with van der Waals surface area (Å²) in [4.78, 5) is 54.3. The molecule has 2 saturated heterocycles. The number of amides is 4. The molecule has 2 heterocycles. The number of nitrogens with zero attached hydrogens (tertiary/aromatic N) is 3. The first kappa shape index (κ1) is 23.4. The van der Waals surface area contributed by atoms with Crippen LogP contribution in [-0.2, 0) is 20.9 Å². The van der Waals surface area contributed by atoms with Crippen molar-refractivity contribution >= 4 is 29.3 Å². The van der Waals surface area contributed by atoms with Crippen LogP contribution in [0.2, 0.25) is 0 Å². The molecule has 178 valence electrons. The zero-order valence-corrected chi connectivity index (χ0v) is 19.0. The average Bonchev–Trinajstić information content (AvgIpc) is 2.82. The van der Waals surface area contributed by atoms with Crippen LogP contribution in [0.5, 0.6) is 0 Å². The summed E-state index contributed by atoms with van der Waals surface area (Å²) in [5.41, 5.74) is 1.80. The third-order valence-electron chi connectivity index (χ3n) is 6.25. The van der Waals surface area contributed by atoms with Crippen LogP contribution in [0.25, 0.3) is 0 Å². The fourth-order valence-electron chi connectivity index (χ4n) is 4.51. The molecule has 2 aliphatic rings.